The molecule has 1 N–H and O–H groups in total. The van der Waals surface area contributed by atoms with E-state index in [1.807, 2.05) is 6.92 Å². The van der Waals surface area contributed by atoms with Crippen LogP contribution in [-0.4, -0.2) is 15.7 Å². The minimum Gasteiger partial charge on any atom is -0.319 e. The predicted octanol–water partition coefficient (Wildman–Crippen LogP) is 4.47. The van der Waals surface area contributed by atoms with Crippen molar-refractivity contribution >= 4 is 49.9 Å². The van der Waals surface area contributed by atoms with Gasteiger partial charge in [0, 0.05) is 16.4 Å². The van der Waals surface area contributed by atoms with Crippen molar-refractivity contribution in [2.24, 2.45) is 0 Å². The lowest BCUT2D eigenvalue weighted by Crippen LogP contribution is -2.27. The molecule has 0 aliphatic rings. The van der Waals surface area contributed by atoms with Crippen molar-refractivity contribution < 1.29 is 4.79 Å². The Morgan fingerprint density at radius 1 is 1.24 bits per heavy atom. The van der Waals surface area contributed by atoms with Crippen LogP contribution in [0.1, 0.15) is 23.8 Å². The Labute approximate surface area is 157 Å². The summed E-state index contributed by atoms with van der Waals surface area (Å²) in [4.78, 5) is 25.3. The number of aryl methyl sites for hydroxylation is 1. The Morgan fingerprint density at radius 2 is 1.96 bits per heavy atom. The number of halogens is 2. The van der Waals surface area contributed by atoms with Gasteiger partial charge in [-0.15, -0.1) is 0 Å². The van der Waals surface area contributed by atoms with E-state index in [0.717, 1.165) is 10.9 Å². The fourth-order valence-electron chi connectivity index (χ4n) is 2.54. The molecule has 0 saturated carbocycles. The Balaban J connectivity index is 2.09. The lowest BCUT2D eigenvalue weighted by molar-refractivity contribution is 0.102. The molecule has 0 spiro atoms. The van der Waals surface area contributed by atoms with Crippen LogP contribution in [0.3, 0.4) is 0 Å². The molecule has 0 fully saturated rings. The number of amides is 1. The number of benzene rings is 2. The van der Waals surface area contributed by atoms with Crippen LogP contribution < -0.4 is 10.9 Å². The summed E-state index contributed by atoms with van der Waals surface area (Å²) in [5, 5.41) is 8.44. The number of hydrogen-bond donors (Lipinski definition) is 1. The Morgan fingerprint density at radius 3 is 2.64 bits per heavy atom. The molecule has 0 bridgehead atoms. The molecule has 1 amide bonds. The Kier molecular flexibility index (Phi) is 5.20. The second kappa shape index (κ2) is 7.37. The molecule has 2 aromatic carbocycles. The topological polar surface area (TPSA) is 64.0 Å². The van der Waals surface area contributed by atoms with Crippen molar-refractivity contribution in [3.05, 3.63) is 68.0 Å². The summed E-state index contributed by atoms with van der Waals surface area (Å²) in [6.45, 7) is 2.40. The Bertz CT molecular complexity index is 1020. The molecule has 0 aliphatic carbocycles. The smallest absolute Gasteiger partial charge is 0.276 e. The van der Waals surface area contributed by atoms with E-state index in [1.54, 1.807) is 42.5 Å². The van der Waals surface area contributed by atoms with Crippen LogP contribution in [0.15, 0.2) is 51.7 Å². The van der Waals surface area contributed by atoms with Crippen LogP contribution in [0.2, 0.25) is 5.02 Å². The third kappa shape index (κ3) is 3.60. The normalized spacial score (nSPS) is 10.8. The van der Waals surface area contributed by atoms with Crippen molar-refractivity contribution in [2.75, 3.05) is 5.32 Å². The first-order valence-corrected chi connectivity index (χ1v) is 8.94. The second-order valence-corrected chi connectivity index (χ2v) is 6.82. The highest BCUT2D eigenvalue weighted by Gasteiger charge is 2.17. The Hall–Kier alpha value is -2.18. The minimum absolute atomic E-state index is 0.197. The lowest BCUT2D eigenvalue weighted by Gasteiger charge is -2.11. The van der Waals surface area contributed by atoms with Gasteiger partial charge >= 0.3 is 0 Å². The van der Waals surface area contributed by atoms with Crippen LogP contribution in [0.4, 0.5) is 5.69 Å². The first kappa shape index (κ1) is 17.6. The van der Waals surface area contributed by atoms with Crippen LogP contribution in [0.5, 0.6) is 0 Å². The SMILES string of the molecule is CCCn1nc(C(=O)Nc2ccc(Br)cc2Cl)c2ccccc2c1=O. The predicted molar refractivity (Wildman–Crippen MR) is 103 cm³/mol. The van der Waals surface area contributed by atoms with Gasteiger partial charge in [0.15, 0.2) is 5.69 Å². The molecule has 1 aromatic heterocycles. The van der Waals surface area contributed by atoms with Gasteiger partial charge < -0.3 is 5.32 Å². The van der Waals surface area contributed by atoms with E-state index >= 15 is 0 Å². The van der Waals surface area contributed by atoms with Gasteiger partial charge in [0.2, 0.25) is 0 Å². The first-order valence-electron chi connectivity index (χ1n) is 7.77. The second-order valence-electron chi connectivity index (χ2n) is 5.50. The fourth-order valence-corrected chi connectivity index (χ4v) is 3.26. The largest absolute Gasteiger partial charge is 0.319 e. The van der Waals surface area contributed by atoms with Gasteiger partial charge in [-0.25, -0.2) is 4.68 Å². The molecule has 0 saturated heterocycles. The monoisotopic (exact) mass is 419 g/mol. The molecule has 0 radical (unpaired) electrons. The van der Waals surface area contributed by atoms with E-state index in [4.69, 9.17) is 11.6 Å². The number of nitrogens with one attached hydrogen (secondary N) is 1. The van der Waals surface area contributed by atoms with Crippen LogP contribution in [0.25, 0.3) is 10.8 Å². The molecule has 128 valence electrons. The van der Waals surface area contributed by atoms with Gasteiger partial charge in [0.25, 0.3) is 11.5 Å². The van der Waals surface area contributed by atoms with Gasteiger partial charge in [0.05, 0.1) is 16.1 Å². The minimum atomic E-state index is -0.412. The van der Waals surface area contributed by atoms with E-state index in [9.17, 15) is 9.59 Å². The standard InChI is InChI=1S/C18H15BrClN3O2/c1-2-9-23-18(25)13-6-4-3-5-12(13)16(22-23)17(24)21-15-8-7-11(19)10-14(15)20/h3-8,10H,2,9H2,1H3,(H,21,24). The number of anilines is 1. The summed E-state index contributed by atoms with van der Waals surface area (Å²) >= 11 is 9.49. The average Bonchev–Trinajstić information content (AvgIpc) is 2.60. The van der Waals surface area contributed by atoms with E-state index in [-0.39, 0.29) is 11.3 Å². The zero-order valence-corrected chi connectivity index (χ0v) is 15.8. The summed E-state index contributed by atoms with van der Waals surface area (Å²) in [5.41, 5.74) is 0.479. The molecular formula is C18H15BrClN3O2. The highest BCUT2D eigenvalue weighted by molar-refractivity contribution is 9.10. The maximum atomic E-state index is 12.8. The van der Waals surface area contributed by atoms with Gasteiger partial charge in [-0.3, -0.25) is 9.59 Å². The molecule has 0 unspecified atom stereocenters. The van der Waals surface area contributed by atoms with E-state index < -0.39 is 5.91 Å². The van der Waals surface area contributed by atoms with Crippen molar-refractivity contribution in [1.29, 1.82) is 0 Å². The molecule has 0 atom stereocenters. The third-order valence-electron chi connectivity index (χ3n) is 3.70. The van der Waals surface area contributed by atoms with E-state index in [0.29, 0.717) is 28.0 Å². The first-order chi connectivity index (χ1) is 12.0. The molecule has 25 heavy (non-hydrogen) atoms. The number of carbonyl (C=O) groups is 1. The van der Waals surface area contributed by atoms with Gasteiger partial charge in [-0.1, -0.05) is 52.7 Å². The van der Waals surface area contributed by atoms with Crippen molar-refractivity contribution in [1.82, 2.24) is 9.78 Å². The number of carbonyl (C=O) groups excluding carboxylic acids is 1. The van der Waals surface area contributed by atoms with Crippen LogP contribution in [0, 0.1) is 0 Å². The lowest BCUT2D eigenvalue weighted by atomic mass is 10.1. The van der Waals surface area contributed by atoms with E-state index in [2.05, 4.69) is 26.3 Å². The summed E-state index contributed by atoms with van der Waals surface area (Å²) in [6, 6.07) is 12.2. The zero-order valence-electron chi connectivity index (χ0n) is 13.4. The fraction of sp³-hybridized carbons (Fsp3) is 0.167. The number of aromatic nitrogens is 2. The maximum Gasteiger partial charge on any atom is 0.276 e. The van der Waals surface area contributed by atoms with Gasteiger partial charge in [-0.2, -0.15) is 5.10 Å². The summed E-state index contributed by atoms with van der Waals surface area (Å²) < 4.78 is 2.15. The van der Waals surface area contributed by atoms with Crippen LogP contribution in [-0.2, 0) is 6.54 Å². The number of rotatable bonds is 4. The number of nitrogens with zero attached hydrogens (tertiary/aromatic N) is 2. The molecule has 1 heterocycles. The summed E-state index contributed by atoms with van der Waals surface area (Å²) in [6.07, 6.45) is 0.741. The highest BCUT2D eigenvalue weighted by atomic mass is 79.9. The molecule has 0 aliphatic heterocycles. The summed E-state index contributed by atoms with van der Waals surface area (Å²) in [5.74, 6) is -0.412. The van der Waals surface area contributed by atoms with Crippen LogP contribution >= 0.6 is 27.5 Å². The molecule has 3 rings (SSSR count). The quantitative estimate of drug-likeness (QED) is 0.677. The molecule has 3 aromatic rings. The molecule has 5 nitrogen and oxygen atoms in total. The van der Waals surface area contributed by atoms with Crippen molar-refractivity contribution in [2.45, 2.75) is 19.9 Å². The summed E-state index contributed by atoms with van der Waals surface area (Å²) in [7, 11) is 0. The average molecular weight is 421 g/mol. The number of hydrogen-bond acceptors (Lipinski definition) is 3. The zero-order chi connectivity index (χ0) is 18.0. The van der Waals surface area contributed by atoms with Gasteiger partial charge in [0.1, 0.15) is 0 Å². The van der Waals surface area contributed by atoms with E-state index in [1.165, 1.54) is 4.68 Å². The third-order valence-corrected chi connectivity index (χ3v) is 4.50. The molecule has 7 heteroatoms. The number of fused-ring (bicyclic) bond motifs is 1. The maximum absolute atomic E-state index is 12.8. The van der Waals surface area contributed by atoms with Crippen molar-refractivity contribution in [3.8, 4) is 0 Å². The van der Waals surface area contributed by atoms with Crippen molar-refractivity contribution in [3.63, 3.8) is 0 Å². The van der Waals surface area contributed by atoms with Gasteiger partial charge in [-0.05, 0) is 30.7 Å². The highest BCUT2D eigenvalue weighted by Crippen LogP contribution is 2.26. The molecular weight excluding hydrogens is 406 g/mol.